The molecule has 1 unspecified atom stereocenters. The van der Waals surface area contributed by atoms with Crippen molar-refractivity contribution in [3.8, 4) is 0 Å². The molecule has 1 aliphatic heterocycles. The average molecular weight is 191 g/mol. The summed E-state index contributed by atoms with van der Waals surface area (Å²) in [5.41, 5.74) is 1.18. The van der Waals surface area contributed by atoms with E-state index in [-0.39, 0.29) is 11.9 Å². The summed E-state index contributed by atoms with van der Waals surface area (Å²) in [6, 6.07) is 4.18. The summed E-state index contributed by atoms with van der Waals surface area (Å²) in [5, 5.41) is 3.20. The van der Waals surface area contributed by atoms with Gasteiger partial charge in [-0.3, -0.25) is 15.1 Å². The van der Waals surface area contributed by atoms with Gasteiger partial charge >= 0.3 is 0 Å². The summed E-state index contributed by atoms with van der Waals surface area (Å²) < 4.78 is 0. The number of aromatic nitrogens is 1. The Labute approximate surface area is 82.9 Å². The highest BCUT2D eigenvalue weighted by Gasteiger charge is 2.22. The van der Waals surface area contributed by atoms with E-state index in [1.807, 2.05) is 19.2 Å². The van der Waals surface area contributed by atoms with Crippen molar-refractivity contribution in [1.82, 2.24) is 15.2 Å². The van der Waals surface area contributed by atoms with Gasteiger partial charge < -0.3 is 4.90 Å². The lowest BCUT2D eigenvalue weighted by Crippen LogP contribution is -2.47. The van der Waals surface area contributed by atoms with Crippen LogP contribution in [0.3, 0.4) is 0 Å². The molecule has 1 fully saturated rings. The van der Waals surface area contributed by atoms with Crippen LogP contribution in [0.15, 0.2) is 24.5 Å². The molecule has 0 aliphatic carbocycles. The molecule has 14 heavy (non-hydrogen) atoms. The molecule has 1 amide bonds. The van der Waals surface area contributed by atoms with Crippen LogP contribution >= 0.6 is 0 Å². The molecule has 1 saturated heterocycles. The van der Waals surface area contributed by atoms with Gasteiger partial charge in [-0.2, -0.15) is 0 Å². The molecule has 4 nitrogen and oxygen atoms in total. The van der Waals surface area contributed by atoms with Gasteiger partial charge in [0.05, 0.1) is 12.6 Å². The maximum Gasteiger partial charge on any atom is 0.236 e. The molecule has 1 aliphatic rings. The van der Waals surface area contributed by atoms with Crippen molar-refractivity contribution in [2.24, 2.45) is 0 Å². The molecule has 2 heterocycles. The smallest absolute Gasteiger partial charge is 0.236 e. The summed E-state index contributed by atoms with van der Waals surface area (Å²) in [6.07, 6.45) is 3.54. The van der Waals surface area contributed by atoms with Crippen molar-refractivity contribution in [2.75, 3.05) is 20.1 Å². The molecule has 0 aromatic carbocycles. The molecule has 1 atom stereocenters. The first-order valence-electron chi connectivity index (χ1n) is 4.64. The van der Waals surface area contributed by atoms with Crippen LogP contribution in [0.4, 0.5) is 0 Å². The van der Waals surface area contributed by atoms with Crippen molar-refractivity contribution in [1.29, 1.82) is 0 Å². The van der Waals surface area contributed by atoms with E-state index >= 15 is 0 Å². The number of rotatable bonds is 1. The first-order chi connectivity index (χ1) is 6.77. The van der Waals surface area contributed by atoms with Gasteiger partial charge in [0.25, 0.3) is 0 Å². The largest absolute Gasteiger partial charge is 0.343 e. The van der Waals surface area contributed by atoms with E-state index in [1.54, 1.807) is 17.3 Å². The van der Waals surface area contributed by atoms with Crippen LogP contribution in [0, 0.1) is 0 Å². The summed E-state index contributed by atoms with van der Waals surface area (Å²) in [7, 11) is 1.83. The number of nitrogens with one attached hydrogen (secondary N) is 1. The van der Waals surface area contributed by atoms with Gasteiger partial charge in [-0.15, -0.1) is 0 Å². The molecular formula is C10H13N3O. The van der Waals surface area contributed by atoms with Crippen LogP contribution in [-0.2, 0) is 4.79 Å². The number of pyridine rings is 1. The lowest BCUT2D eigenvalue weighted by Gasteiger charge is -2.30. The lowest BCUT2D eigenvalue weighted by atomic mass is 10.1. The fourth-order valence-electron chi connectivity index (χ4n) is 1.60. The lowest BCUT2D eigenvalue weighted by molar-refractivity contribution is -0.131. The number of amides is 1. The van der Waals surface area contributed by atoms with Crippen molar-refractivity contribution >= 4 is 5.91 Å². The zero-order valence-electron chi connectivity index (χ0n) is 8.10. The Kier molecular flexibility index (Phi) is 2.45. The standard InChI is InChI=1S/C10H13N3O/c1-13-7-9(12-6-10(13)14)8-2-4-11-5-3-8/h2-5,9,12H,6-7H2,1H3. The maximum absolute atomic E-state index is 11.2. The predicted octanol–water partition coefficient (Wildman–Crippen LogP) is 0.184. The van der Waals surface area contributed by atoms with Crippen molar-refractivity contribution in [2.45, 2.75) is 6.04 Å². The first-order valence-corrected chi connectivity index (χ1v) is 4.64. The van der Waals surface area contributed by atoms with E-state index in [1.165, 1.54) is 5.56 Å². The SMILES string of the molecule is CN1CC(c2ccncc2)NCC1=O. The highest BCUT2D eigenvalue weighted by molar-refractivity contribution is 5.78. The quantitative estimate of drug-likeness (QED) is 0.689. The minimum atomic E-state index is 0.148. The van der Waals surface area contributed by atoms with Crippen LogP contribution < -0.4 is 5.32 Å². The summed E-state index contributed by atoms with van der Waals surface area (Å²) in [4.78, 5) is 16.9. The number of hydrogen-bond donors (Lipinski definition) is 1. The van der Waals surface area contributed by atoms with Crippen LogP contribution in [0.1, 0.15) is 11.6 Å². The second-order valence-electron chi connectivity index (χ2n) is 3.49. The average Bonchev–Trinajstić information content (AvgIpc) is 2.23. The van der Waals surface area contributed by atoms with Crippen molar-refractivity contribution < 1.29 is 4.79 Å². The molecule has 0 saturated carbocycles. The molecule has 4 heteroatoms. The van der Waals surface area contributed by atoms with Gasteiger partial charge in [-0.1, -0.05) is 0 Å². The highest BCUT2D eigenvalue weighted by Crippen LogP contribution is 2.15. The number of hydrogen-bond acceptors (Lipinski definition) is 3. The first kappa shape index (κ1) is 9.15. The van der Waals surface area contributed by atoms with Crippen LogP contribution in [0.2, 0.25) is 0 Å². The van der Waals surface area contributed by atoms with E-state index in [2.05, 4.69) is 10.3 Å². The highest BCUT2D eigenvalue weighted by atomic mass is 16.2. The number of nitrogens with zero attached hydrogens (tertiary/aromatic N) is 2. The molecule has 0 spiro atoms. The number of likely N-dealkylation sites (N-methyl/N-ethyl adjacent to an activating group) is 1. The molecular weight excluding hydrogens is 178 g/mol. The van der Waals surface area contributed by atoms with Gasteiger partial charge in [0.1, 0.15) is 0 Å². The minimum Gasteiger partial charge on any atom is -0.343 e. The topological polar surface area (TPSA) is 45.2 Å². The maximum atomic E-state index is 11.2. The van der Waals surface area contributed by atoms with Gasteiger partial charge in [0.15, 0.2) is 0 Å². The Hall–Kier alpha value is -1.42. The van der Waals surface area contributed by atoms with Crippen LogP contribution in [0.25, 0.3) is 0 Å². The van der Waals surface area contributed by atoms with Crippen molar-refractivity contribution in [3.63, 3.8) is 0 Å². The van der Waals surface area contributed by atoms with E-state index in [0.29, 0.717) is 6.54 Å². The zero-order valence-corrected chi connectivity index (χ0v) is 8.10. The number of carbonyl (C=O) groups excluding carboxylic acids is 1. The Morgan fingerprint density at radius 3 is 2.86 bits per heavy atom. The number of carbonyl (C=O) groups is 1. The van der Waals surface area contributed by atoms with E-state index in [4.69, 9.17) is 0 Å². The summed E-state index contributed by atoms with van der Waals surface area (Å²) in [5.74, 6) is 0.148. The van der Waals surface area contributed by atoms with Gasteiger partial charge in [-0.25, -0.2) is 0 Å². The third-order valence-electron chi connectivity index (χ3n) is 2.49. The minimum absolute atomic E-state index is 0.148. The second kappa shape index (κ2) is 3.75. The van der Waals surface area contributed by atoms with Crippen LogP contribution in [0.5, 0.6) is 0 Å². The van der Waals surface area contributed by atoms with Gasteiger partial charge in [0.2, 0.25) is 5.91 Å². The third-order valence-corrected chi connectivity index (χ3v) is 2.49. The van der Waals surface area contributed by atoms with E-state index in [0.717, 1.165) is 6.54 Å². The molecule has 1 N–H and O–H groups in total. The van der Waals surface area contributed by atoms with Crippen LogP contribution in [-0.4, -0.2) is 35.9 Å². The Balaban J connectivity index is 2.11. The van der Waals surface area contributed by atoms with Crippen molar-refractivity contribution in [3.05, 3.63) is 30.1 Å². The molecule has 0 radical (unpaired) electrons. The monoisotopic (exact) mass is 191 g/mol. The molecule has 1 aromatic rings. The molecule has 1 aromatic heterocycles. The fraction of sp³-hybridized carbons (Fsp3) is 0.400. The Bertz CT molecular complexity index is 325. The third kappa shape index (κ3) is 1.75. The fourth-order valence-corrected chi connectivity index (χ4v) is 1.60. The molecule has 0 bridgehead atoms. The Morgan fingerprint density at radius 1 is 1.50 bits per heavy atom. The Morgan fingerprint density at radius 2 is 2.21 bits per heavy atom. The van der Waals surface area contributed by atoms with Gasteiger partial charge in [-0.05, 0) is 17.7 Å². The van der Waals surface area contributed by atoms with E-state index in [9.17, 15) is 4.79 Å². The summed E-state index contributed by atoms with van der Waals surface area (Å²) in [6.45, 7) is 1.15. The van der Waals surface area contributed by atoms with E-state index < -0.39 is 0 Å². The normalized spacial score (nSPS) is 22.5. The number of piperazine rings is 1. The summed E-state index contributed by atoms with van der Waals surface area (Å²) >= 11 is 0. The zero-order chi connectivity index (χ0) is 9.97. The molecule has 74 valence electrons. The molecule has 2 rings (SSSR count). The van der Waals surface area contributed by atoms with Gasteiger partial charge in [0, 0.05) is 26.0 Å². The predicted molar refractivity (Wildman–Crippen MR) is 52.6 cm³/mol. The second-order valence-corrected chi connectivity index (χ2v) is 3.49.